The third-order valence-corrected chi connectivity index (χ3v) is 2.61. The maximum absolute atomic E-state index is 8.93. The topological polar surface area (TPSA) is 23.5 Å². The van der Waals surface area contributed by atoms with E-state index in [9.17, 15) is 0 Å². The minimum atomic E-state index is 0. The average Bonchev–Trinajstić information content (AvgIpc) is 2.28. The highest BCUT2D eigenvalue weighted by Gasteiger charge is 2.03. The summed E-state index contributed by atoms with van der Waals surface area (Å²) < 4.78 is 0. The summed E-state index contributed by atoms with van der Waals surface area (Å²) in [6, 6.07) is 14.5. The molecule has 0 saturated heterocycles. The van der Waals surface area contributed by atoms with Crippen LogP contribution in [0.5, 0.6) is 0 Å². The van der Waals surface area contributed by atoms with Gasteiger partial charge >= 0.3 is 0 Å². The smallest absolute Gasteiger partial charge is 0.0606 e. The zero-order valence-corrected chi connectivity index (χ0v) is 10.1. The minimum absolute atomic E-state index is 0. The number of aliphatic hydroxyl groups excluding tert-OH is 1. The van der Waals surface area contributed by atoms with E-state index < -0.39 is 0 Å². The number of aliphatic hydroxyl groups is 1. The molecule has 16 heavy (non-hydrogen) atoms. The second-order valence-electron chi connectivity index (χ2n) is 3.64. The van der Waals surface area contributed by atoms with E-state index in [1.807, 2.05) is 25.2 Å². The van der Waals surface area contributed by atoms with Crippen molar-refractivity contribution in [2.24, 2.45) is 0 Å². The van der Waals surface area contributed by atoms with Gasteiger partial charge in [0.05, 0.1) is 6.61 Å². The fourth-order valence-electron chi connectivity index (χ4n) is 1.81. The minimum Gasteiger partial charge on any atom is -0.395 e. The summed E-state index contributed by atoms with van der Waals surface area (Å²) in [5.74, 6) is 0. The Kier molecular flexibility index (Phi) is 4.59. The van der Waals surface area contributed by atoms with Crippen molar-refractivity contribution in [2.75, 3.05) is 25.1 Å². The summed E-state index contributed by atoms with van der Waals surface area (Å²) >= 11 is 0. The van der Waals surface area contributed by atoms with E-state index in [4.69, 9.17) is 5.11 Å². The molecule has 0 aromatic heterocycles. The molecule has 3 heteroatoms. The molecule has 0 aliphatic carbocycles. The molecule has 2 aromatic rings. The molecule has 0 saturated carbocycles. The monoisotopic (exact) mass is 237 g/mol. The molecule has 0 unspecified atom stereocenters. The number of rotatable bonds is 3. The van der Waals surface area contributed by atoms with Crippen molar-refractivity contribution in [1.82, 2.24) is 0 Å². The zero-order chi connectivity index (χ0) is 10.7. The molecule has 0 aliphatic heterocycles. The molecule has 2 nitrogen and oxygen atoms in total. The molecule has 0 atom stereocenters. The quantitative estimate of drug-likeness (QED) is 0.887. The van der Waals surface area contributed by atoms with Crippen molar-refractivity contribution < 1.29 is 5.11 Å². The van der Waals surface area contributed by atoms with Crippen LogP contribution in [-0.4, -0.2) is 25.3 Å². The van der Waals surface area contributed by atoms with Crippen molar-refractivity contribution in [1.29, 1.82) is 0 Å². The molecule has 0 amide bonds. The Hall–Kier alpha value is -1.25. The van der Waals surface area contributed by atoms with Crippen LogP contribution in [0.15, 0.2) is 42.5 Å². The number of likely N-dealkylation sites (N-methyl/N-ethyl adjacent to an activating group) is 1. The molecule has 0 aliphatic rings. The van der Waals surface area contributed by atoms with Crippen molar-refractivity contribution in [3.05, 3.63) is 42.5 Å². The van der Waals surface area contributed by atoms with Crippen LogP contribution in [0, 0.1) is 0 Å². The van der Waals surface area contributed by atoms with Gasteiger partial charge in [0.2, 0.25) is 0 Å². The number of nitrogens with zero attached hydrogens (tertiary/aromatic N) is 1. The summed E-state index contributed by atoms with van der Waals surface area (Å²) in [5.41, 5.74) is 1.17. The molecule has 0 fully saturated rings. The van der Waals surface area contributed by atoms with Crippen molar-refractivity contribution in [3.63, 3.8) is 0 Å². The molecule has 1 N–H and O–H groups in total. The molecular weight excluding hydrogens is 222 g/mol. The highest BCUT2D eigenvalue weighted by atomic mass is 35.5. The van der Waals surface area contributed by atoms with Crippen LogP contribution in [0.4, 0.5) is 5.69 Å². The van der Waals surface area contributed by atoms with E-state index in [2.05, 4.69) is 29.2 Å². The van der Waals surface area contributed by atoms with Crippen LogP contribution in [0.3, 0.4) is 0 Å². The zero-order valence-electron chi connectivity index (χ0n) is 9.26. The summed E-state index contributed by atoms with van der Waals surface area (Å²) in [4.78, 5) is 2.07. The highest BCUT2D eigenvalue weighted by molar-refractivity contribution is 5.94. The van der Waals surface area contributed by atoms with E-state index in [-0.39, 0.29) is 19.0 Å². The number of anilines is 1. The third kappa shape index (κ3) is 2.46. The predicted octanol–water partition coefficient (Wildman–Crippen LogP) is 2.69. The first-order chi connectivity index (χ1) is 7.33. The maximum Gasteiger partial charge on any atom is 0.0606 e. The van der Waals surface area contributed by atoms with Gasteiger partial charge in [0.15, 0.2) is 0 Å². The van der Waals surface area contributed by atoms with E-state index in [0.29, 0.717) is 6.54 Å². The Morgan fingerprint density at radius 2 is 1.75 bits per heavy atom. The van der Waals surface area contributed by atoms with Crippen LogP contribution in [-0.2, 0) is 0 Å². The lowest BCUT2D eigenvalue weighted by atomic mass is 10.1. The SMILES string of the molecule is CN(CCO)c1cccc2ccccc12.Cl. The van der Waals surface area contributed by atoms with Crippen molar-refractivity contribution >= 4 is 28.9 Å². The third-order valence-electron chi connectivity index (χ3n) is 2.61. The van der Waals surface area contributed by atoms with Crippen LogP contribution in [0.1, 0.15) is 0 Å². The Morgan fingerprint density at radius 3 is 2.50 bits per heavy atom. The summed E-state index contributed by atoms with van der Waals surface area (Å²) in [6.45, 7) is 0.841. The standard InChI is InChI=1S/C13H15NO.ClH/c1-14(9-10-15)13-8-4-6-11-5-2-3-7-12(11)13;/h2-8,15H,9-10H2,1H3;1H. The number of hydrogen-bond donors (Lipinski definition) is 1. The largest absolute Gasteiger partial charge is 0.395 e. The molecule has 2 rings (SSSR count). The van der Waals surface area contributed by atoms with Gasteiger partial charge in [-0.3, -0.25) is 0 Å². The van der Waals surface area contributed by atoms with Crippen LogP contribution in [0.25, 0.3) is 10.8 Å². The van der Waals surface area contributed by atoms with E-state index in [1.165, 1.54) is 16.5 Å². The van der Waals surface area contributed by atoms with Gasteiger partial charge in [0.1, 0.15) is 0 Å². The number of benzene rings is 2. The molecule has 86 valence electrons. The Morgan fingerprint density at radius 1 is 1.06 bits per heavy atom. The lowest BCUT2D eigenvalue weighted by Crippen LogP contribution is -2.21. The highest BCUT2D eigenvalue weighted by Crippen LogP contribution is 2.25. The summed E-state index contributed by atoms with van der Waals surface area (Å²) in [6.07, 6.45) is 0. The second kappa shape index (κ2) is 5.73. The van der Waals surface area contributed by atoms with E-state index in [0.717, 1.165) is 0 Å². The van der Waals surface area contributed by atoms with Gasteiger partial charge < -0.3 is 10.0 Å². The van der Waals surface area contributed by atoms with Gasteiger partial charge in [-0.1, -0.05) is 36.4 Å². The first-order valence-corrected chi connectivity index (χ1v) is 5.12. The van der Waals surface area contributed by atoms with E-state index in [1.54, 1.807) is 0 Å². The summed E-state index contributed by atoms with van der Waals surface area (Å²) in [7, 11) is 2.00. The van der Waals surface area contributed by atoms with E-state index >= 15 is 0 Å². The first kappa shape index (κ1) is 12.8. The first-order valence-electron chi connectivity index (χ1n) is 5.12. The van der Waals surface area contributed by atoms with Crippen LogP contribution < -0.4 is 4.90 Å². The fraction of sp³-hybridized carbons (Fsp3) is 0.231. The second-order valence-corrected chi connectivity index (χ2v) is 3.64. The molecule has 2 aromatic carbocycles. The van der Waals surface area contributed by atoms with Crippen molar-refractivity contribution in [3.8, 4) is 0 Å². The van der Waals surface area contributed by atoms with Gasteiger partial charge in [0.25, 0.3) is 0 Å². The predicted molar refractivity (Wildman–Crippen MR) is 71.6 cm³/mol. The lowest BCUT2D eigenvalue weighted by Gasteiger charge is -2.19. The molecule has 0 heterocycles. The molecular formula is C13H16ClNO. The summed E-state index contributed by atoms with van der Waals surface area (Å²) in [5, 5.41) is 11.4. The van der Waals surface area contributed by atoms with Gasteiger partial charge in [-0.2, -0.15) is 0 Å². The van der Waals surface area contributed by atoms with Crippen LogP contribution in [0.2, 0.25) is 0 Å². The maximum atomic E-state index is 8.93. The number of fused-ring (bicyclic) bond motifs is 1. The van der Waals surface area contributed by atoms with Crippen LogP contribution >= 0.6 is 12.4 Å². The Labute approximate surface area is 102 Å². The van der Waals surface area contributed by atoms with Gasteiger partial charge in [-0.15, -0.1) is 12.4 Å². The number of hydrogen-bond acceptors (Lipinski definition) is 2. The Bertz CT molecular complexity index is 453. The van der Waals surface area contributed by atoms with Gasteiger partial charge in [0, 0.05) is 24.7 Å². The Balaban J connectivity index is 0.00000128. The molecule has 0 bridgehead atoms. The van der Waals surface area contributed by atoms with Gasteiger partial charge in [-0.05, 0) is 11.5 Å². The lowest BCUT2D eigenvalue weighted by molar-refractivity contribution is 0.304. The van der Waals surface area contributed by atoms with Crippen molar-refractivity contribution in [2.45, 2.75) is 0 Å². The normalized spacial score (nSPS) is 9.88. The molecule has 0 radical (unpaired) electrons. The average molecular weight is 238 g/mol. The van der Waals surface area contributed by atoms with Gasteiger partial charge in [-0.25, -0.2) is 0 Å². The fourth-order valence-corrected chi connectivity index (χ4v) is 1.81. The number of halogens is 1. The molecule has 0 spiro atoms.